The predicted molar refractivity (Wildman–Crippen MR) is 143 cm³/mol. The maximum atomic E-state index is 12.8. The van der Waals surface area contributed by atoms with Gasteiger partial charge in [0.2, 0.25) is 12.4 Å². The molecule has 1 aliphatic heterocycles. The minimum Gasteiger partial charge on any atom is -0.507 e. The van der Waals surface area contributed by atoms with Crippen LogP contribution in [0.3, 0.4) is 0 Å². The van der Waals surface area contributed by atoms with Crippen LogP contribution >= 0.6 is 15.9 Å². The summed E-state index contributed by atoms with van der Waals surface area (Å²) < 4.78 is 33.7. The van der Waals surface area contributed by atoms with Crippen LogP contribution in [0.2, 0.25) is 0 Å². The molecule has 1 fully saturated rings. The number of rotatable bonds is 10. The highest BCUT2D eigenvalue weighted by atomic mass is 79.9. The topological polar surface area (TPSA) is 161 Å². The van der Waals surface area contributed by atoms with Gasteiger partial charge in [-0.2, -0.15) is 0 Å². The van der Waals surface area contributed by atoms with Gasteiger partial charge in [-0.05, 0) is 29.8 Å². The molecular formula is C28H29BrO12. The SMILES string of the molecule is CC(=O)OC[C@H]1O[C@H](Oc2ccc(C(=O)Cc3ccc(Br)cc3)c(O)c2)[C@@H](OC(C)=O)[C@@H](OC(C)=O)[C@@H]1OC(C)=O. The van der Waals surface area contributed by atoms with Gasteiger partial charge in [0.15, 0.2) is 18.0 Å². The number of Topliss-reactive ketones (excluding diaryl/α,β-unsaturated/α-hetero) is 1. The fraction of sp³-hybridized carbons (Fsp3) is 0.393. The summed E-state index contributed by atoms with van der Waals surface area (Å²) in [5, 5.41) is 10.6. The van der Waals surface area contributed by atoms with Crippen molar-refractivity contribution in [1.82, 2.24) is 0 Å². The Labute approximate surface area is 243 Å². The van der Waals surface area contributed by atoms with Crippen molar-refractivity contribution in [1.29, 1.82) is 0 Å². The Balaban J connectivity index is 1.90. The molecule has 1 saturated heterocycles. The quantitative estimate of drug-likeness (QED) is 0.231. The lowest BCUT2D eigenvalue weighted by molar-refractivity contribution is -0.288. The molecule has 0 aromatic heterocycles. The number of hydrogen-bond donors (Lipinski definition) is 1. The largest absolute Gasteiger partial charge is 0.507 e. The highest BCUT2D eigenvalue weighted by Crippen LogP contribution is 2.33. The van der Waals surface area contributed by atoms with Crippen molar-refractivity contribution in [2.24, 2.45) is 0 Å². The molecule has 0 radical (unpaired) electrons. The van der Waals surface area contributed by atoms with Crippen molar-refractivity contribution in [3.05, 3.63) is 58.1 Å². The second-order valence-corrected chi connectivity index (χ2v) is 10.0. The third-order valence-electron chi connectivity index (χ3n) is 5.75. The number of phenols is 1. The smallest absolute Gasteiger partial charge is 0.303 e. The number of halogens is 1. The van der Waals surface area contributed by atoms with Crippen molar-refractivity contribution < 1.29 is 57.5 Å². The summed E-state index contributed by atoms with van der Waals surface area (Å²) in [7, 11) is 0. The van der Waals surface area contributed by atoms with Crippen LogP contribution in [-0.4, -0.2) is 72.1 Å². The van der Waals surface area contributed by atoms with E-state index in [-0.39, 0.29) is 29.3 Å². The van der Waals surface area contributed by atoms with Crippen molar-refractivity contribution in [3.63, 3.8) is 0 Å². The van der Waals surface area contributed by atoms with Gasteiger partial charge in [-0.3, -0.25) is 24.0 Å². The van der Waals surface area contributed by atoms with E-state index in [1.807, 2.05) is 0 Å². The Morgan fingerprint density at radius 1 is 0.805 bits per heavy atom. The molecule has 2 aromatic carbocycles. The molecule has 0 amide bonds. The fourth-order valence-electron chi connectivity index (χ4n) is 4.12. The number of esters is 4. The third-order valence-corrected chi connectivity index (χ3v) is 6.28. The molecule has 41 heavy (non-hydrogen) atoms. The zero-order chi connectivity index (χ0) is 30.3. The first-order chi connectivity index (χ1) is 19.3. The molecule has 0 spiro atoms. The van der Waals surface area contributed by atoms with Gasteiger partial charge >= 0.3 is 23.9 Å². The lowest BCUT2D eigenvalue weighted by Crippen LogP contribution is -2.63. The van der Waals surface area contributed by atoms with Gasteiger partial charge in [-0.15, -0.1) is 0 Å². The molecule has 220 valence electrons. The second-order valence-electron chi connectivity index (χ2n) is 9.09. The van der Waals surface area contributed by atoms with E-state index in [2.05, 4.69) is 15.9 Å². The molecule has 1 heterocycles. The van der Waals surface area contributed by atoms with Crippen molar-refractivity contribution >= 4 is 45.6 Å². The van der Waals surface area contributed by atoms with E-state index in [9.17, 15) is 29.1 Å². The van der Waals surface area contributed by atoms with Gasteiger partial charge in [0.25, 0.3) is 0 Å². The van der Waals surface area contributed by atoms with Crippen molar-refractivity contribution in [2.75, 3.05) is 6.61 Å². The molecule has 5 atom stereocenters. The van der Waals surface area contributed by atoms with E-state index in [1.54, 1.807) is 24.3 Å². The predicted octanol–water partition coefficient (Wildman–Crippen LogP) is 3.04. The first kappa shape index (κ1) is 31.6. The summed E-state index contributed by atoms with van der Waals surface area (Å²) >= 11 is 3.34. The van der Waals surface area contributed by atoms with Crippen LogP contribution < -0.4 is 4.74 Å². The fourth-order valence-corrected chi connectivity index (χ4v) is 4.39. The van der Waals surface area contributed by atoms with Crippen LogP contribution in [0.5, 0.6) is 11.5 Å². The highest BCUT2D eigenvalue weighted by Gasteiger charge is 2.53. The van der Waals surface area contributed by atoms with Gasteiger partial charge in [-0.25, -0.2) is 0 Å². The summed E-state index contributed by atoms with van der Waals surface area (Å²) in [6, 6.07) is 11.1. The van der Waals surface area contributed by atoms with E-state index in [1.165, 1.54) is 18.2 Å². The van der Waals surface area contributed by atoms with E-state index < -0.39 is 61.2 Å². The average Bonchev–Trinajstić information content (AvgIpc) is 2.87. The van der Waals surface area contributed by atoms with Crippen molar-refractivity contribution in [3.8, 4) is 11.5 Å². The van der Waals surface area contributed by atoms with Crippen LogP contribution in [0.1, 0.15) is 43.6 Å². The summed E-state index contributed by atoms with van der Waals surface area (Å²) in [6.07, 6.45) is -6.86. The maximum absolute atomic E-state index is 12.8. The molecule has 0 aliphatic carbocycles. The number of ether oxygens (including phenoxy) is 6. The van der Waals surface area contributed by atoms with Gasteiger partial charge in [0, 0.05) is 44.7 Å². The Morgan fingerprint density at radius 3 is 1.95 bits per heavy atom. The molecule has 0 bridgehead atoms. The van der Waals surface area contributed by atoms with E-state index in [4.69, 9.17) is 28.4 Å². The Hall–Kier alpha value is -3.97. The van der Waals surface area contributed by atoms with Gasteiger partial charge in [-0.1, -0.05) is 28.1 Å². The lowest BCUT2D eigenvalue weighted by Gasteiger charge is -2.43. The van der Waals surface area contributed by atoms with Crippen molar-refractivity contribution in [2.45, 2.75) is 64.8 Å². The summed E-state index contributed by atoms with van der Waals surface area (Å²) in [5.74, 6) is -3.73. The van der Waals surface area contributed by atoms with Crippen LogP contribution in [0.25, 0.3) is 0 Å². The standard InChI is InChI=1S/C28H29BrO12/c1-14(30)36-13-24-25(37-15(2)31)26(38-16(3)32)27(39-17(4)33)28(41-24)40-20-9-10-21(23(35)12-20)22(34)11-18-5-7-19(29)8-6-18/h5-10,12,24-28,35H,11,13H2,1-4H3/t24-,25-,26+,27+,28+/m1/s1. The summed E-state index contributed by atoms with van der Waals surface area (Å²) in [4.78, 5) is 60.1. The van der Waals surface area contributed by atoms with Gasteiger partial charge < -0.3 is 33.5 Å². The molecule has 2 aromatic rings. The minimum absolute atomic E-state index is 0.00333. The van der Waals surface area contributed by atoms with E-state index >= 15 is 0 Å². The second kappa shape index (κ2) is 14.1. The molecular weight excluding hydrogens is 608 g/mol. The number of phenolic OH excluding ortho intramolecular Hbond substituents is 1. The van der Waals surface area contributed by atoms with Gasteiger partial charge in [0.1, 0.15) is 24.2 Å². The highest BCUT2D eigenvalue weighted by molar-refractivity contribution is 9.10. The van der Waals surface area contributed by atoms with Crippen LogP contribution in [0.4, 0.5) is 0 Å². The number of hydrogen-bond acceptors (Lipinski definition) is 12. The number of carbonyl (C=O) groups is 5. The normalized spacial score (nSPS) is 21.7. The zero-order valence-electron chi connectivity index (χ0n) is 22.7. The van der Waals surface area contributed by atoms with E-state index in [0.29, 0.717) is 0 Å². The molecule has 3 rings (SSSR count). The monoisotopic (exact) mass is 636 g/mol. The van der Waals surface area contributed by atoms with Crippen LogP contribution in [-0.2, 0) is 49.3 Å². The lowest BCUT2D eigenvalue weighted by atomic mass is 9.98. The zero-order valence-corrected chi connectivity index (χ0v) is 24.2. The maximum Gasteiger partial charge on any atom is 0.303 e. The summed E-state index contributed by atoms with van der Waals surface area (Å²) in [5.41, 5.74) is 0.789. The van der Waals surface area contributed by atoms with Gasteiger partial charge in [0.05, 0.1) is 5.56 Å². The molecule has 0 unspecified atom stereocenters. The molecule has 0 saturated carbocycles. The minimum atomic E-state index is -1.49. The number of benzene rings is 2. The molecule has 12 nitrogen and oxygen atoms in total. The number of ketones is 1. The number of aromatic hydroxyl groups is 1. The first-order valence-corrected chi connectivity index (χ1v) is 13.2. The number of carbonyl (C=O) groups excluding carboxylic acids is 5. The molecule has 1 aliphatic rings. The Morgan fingerprint density at radius 2 is 1.39 bits per heavy atom. The Kier molecular flexibility index (Phi) is 10.8. The van der Waals surface area contributed by atoms with Crippen LogP contribution in [0.15, 0.2) is 46.9 Å². The molecule has 1 N–H and O–H groups in total. The van der Waals surface area contributed by atoms with E-state index in [0.717, 1.165) is 37.7 Å². The average molecular weight is 637 g/mol. The first-order valence-electron chi connectivity index (χ1n) is 12.4. The molecule has 13 heteroatoms. The summed E-state index contributed by atoms with van der Waals surface area (Å²) in [6.45, 7) is 4.05. The Bertz CT molecular complexity index is 1290. The van der Waals surface area contributed by atoms with Crippen LogP contribution in [0, 0.1) is 0 Å². The third kappa shape index (κ3) is 9.02.